The SMILES string of the molecule is Nc1ncccc1C1CCCCO1. The zero-order chi connectivity index (χ0) is 9.10. The fourth-order valence-electron chi connectivity index (χ4n) is 1.69. The van der Waals surface area contributed by atoms with E-state index in [0.717, 1.165) is 25.0 Å². The minimum Gasteiger partial charge on any atom is -0.383 e. The number of nitrogens with two attached hydrogens (primary N) is 1. The number of ether oxygens (including phenoxy) is 1. The number of pyridine rings is 1. The maximum absolute atomic E-state index is 5.76. The molecule has 1 atom stereocenters. The summed E-state index contributed by atoms with van der Waals surface area (Å²) in [5.41, 5.74) is 6.80. The molecule has 13 heavy (non-hydrogen) atoms. The number of hydrogen-bond acceptors (Lipinski definition) is 3. The number of aromatic nitrogens is 1. The summed E-state index contributed by atoms with van der Waals surface area (Å²) in [6, 6.07) is 3.90. The molecule has 1 aliphatic rings. The van der Waals surface area contributed by atoms with Crippen LogP contribution in [0.1, 0.15) is 30.9 Å². The fraction of sp³-hybridized carbons (Fsp3) is 0.500. The molecule has 3 heteroatoms. The van der Waals surface area contributed by atoms with E-state index in [9.17, 15) is 0 Å². The van der Waals surface area contributed by atoms with E-state index >= 15 is 0 Å². The molecule has 0 bridgehead atoms. The Morgan fingerprint density at radius 3 is 3.08 bits per heavy atom. The molecule has 1 aliphatic heterocycles. The lowest BCUT2D eigenvalue weighted by atomic mass is 10.0. The molecule has 0 radical (unpaired) electrons. The van der Waals surface area contributed by atoms with E-state index in [4.69, 9.17) is 10.5 Å². The van der Waals surface area contributed by atoms with Crippen LogP contribution < -0.4 is 5.73 Å². The van der Waals surface area contributed by atoms with Crippen molar-refractivity contribution < 1.29 is 4.74 Å². The summed E-state index contributed by atoms with van der Waals surface area (Å²) < 4.78 is 5.62. The summed E-state index contributed by atoms with van der Waals surface area (Å²) in [7, 11) is 0. The highest BCUT2D eigenvalue weighted by atomic mass is 16.5. The van der Waals surface area contributed by atoms with Gasteiger partial charge in [-0.15, -0.1) is 0 Å². The highest BCUT2D eigenvalue weighted by Gasteiger charge is 2.18. The lowest BCUT2D eigenvalue weighted by Crippen LogP contribution is -2.13. The van der Waals surface area contributed by atoms with Crippen molar-refractivity contribution in [3.05, 3.63) is 23.9 Å². The van der Waals surface area contributed by atoms with Crippen LogP contribution in [-0.4, -0.2) is 11.6 Å². The molecule has 0 aromatic carbocycles. The Hall–Kier alpha value is -1.09. The second-order valence-corrected chi connectivity index (χ2v) is 3.33. The summed E-state index contributed by atoms with van der Waals surface area (Å²) >= 11 is 0. The number of nitrogen functional groups attached to an aromatic ring is 1. The van der Waals surface area contributed by atoms with Gasteiger partial charge in [-0.05, 0) is 25.3 Å². The predicted octanol–water partition coefficient (Wildman–Crippen LogP) is 1.91. The highest BCUT2D eigenvalue weighted by Crippen LogP contribution is 2.29. The molecule has 3 nitrogen and oxygen atoms in total. The smallest absolute Gasteiger partial charge is 0.129 e. The van der Waals surface area contributed by atoms with Gasteiger partial charge in [-0.1, -0.05) is 6.07 Å². The van der Waals surface area contributed by atoms with Crippen molar-refractivity contribution in [1.82, 2.24) is 4.98 Å². The van der Waals surface area contributed by atoms with E-state index in [1.54, 1.807) is 6.20 Å². The Morgan fingerprint density at radius 1 is 1.46 bits per heavy atom. The quantitative estimate of drug-likeness (QED) is 0.714. The Labute approximate surface area is 77.9 Å². The molecule has 0 amide bonds. The topological polar surface area (TPSA) is 48.1 Å². The molecule has 0 spiro atoms. The molecule has 2 rings (SSSR count). The molecule has 1 saturated heterocycles. The Morgan fingerprint density at radius 2 is 2.38 bits per heavy atom. The average molecular weight is 178 g/mol. The van der Waals surface area contributed by atoms with Gasteiger partial charge in [-0.25, -0.2) is 4.98 Å². The summed E-state index contributed by atoms with van der Waals surface area (Å²) in [4.78, 5) is 4.05. The van der Waals surface area contributed by atoms with Crippen molar-refractivity contribution in [2.75, 3.05) is 12.3 Å². The summed E-state index contributed by atoms with van der Waals surface area (Å²) in [5, 5.41) is 0. The van der Waals surface area contributed by atoms with Crippen LogP contribution in [0.4, 0.5) is 5.82 Å². The zero-order valence-corrected chi connectivity index (χ0v) is 7.57. The van der Waals surface area contributed by atoms with Gasteiger partial charge in [0.15, 0.2) is 0 Å². The van der Waals surface area contributed by atoms with E-state index < -0.39 is 0 Å². The van der Waals surface area contributed by atoms with Gasteiger partial charge in [0.25, 0.3) is 0 Å². The maximum atomic E-state index is 5.76. The largest absolute Gasteiger partial charge is 0.383 e. The van der Waals surface area contributed by atoms with Gasteiger partial charge in [-0.3, -0.25) is 0 Å². The molecule has 2 N–H and O–H groups in total. The van der Waals surface area contributed by atoms with Crippen molar-refractivity contribution in [2.24, 2.45) is 0 Å². The van der Waals surface area contributed by atoms with Gasteiger partial charge in [0.05, 0.1) is 6.10 Å². The van der Waals surface area contributed by atoms with Crippen molar-refractivity contribution in [3.63, 3.8) is 0 Å². The van der Waals surface area contributed by atoms with Gasteiger partial charge in [0, 0.05) is 18.4 Å². The van der Waals surface area contributed by atoms with Crippen LogP contribution in [0.5, 0.6) is 0 Å². The molecular weight excluding hydrogens is 164 g/mol. The molecule has 1 fully saturated rings. The number of rotatable bonds is 1. The number of anilines is 1. The Kier molecular flexibility index (Phi) is 2.45. The summed E-state index contributed by atoms with van der Waals surface area (Å²) in [6.45, 7) is 0.846. The van der Waals surface area contributed by atoms with Crippen LogP contribution in [0, 0.1) is 0 Å². The van der Waals surface area contributed by atoms with Crippen molar-refractivity contribution in [3.8, 4) is 0 Å². The van der Waals surface area contributed by atoms with Gasteiger partial charge in [-0.2, -0.15) is 0 Å². The molecule has 1 unspecified atom stereocenters. The first-order valence-electron chi connectivity index (χ1n) is 4.70. The first-order chi connectivity index (χ1) is 6.38. The molecule has 1 aromatic rings. The standard InChI is InChI=1S/C10H14N2O/c11-10-8(4-3-6-12-10)9-5-1-2-7-13-9/h3-4,6,9H,1-2,5,7H2,(H2,11,12). The van der Waals surface area contributed by atoms with Gasteiger partial charge < -0.3 is 10.5 Å². The monoisotopic (exact) mass is 178 g/mol. The van der Waals surface area contributed by atoms with E-state index in [1.165, 1.54) is 6.42 Å². The van der Waals surface area contributed by atoms with Gasteiger partial charge in [0.2, 0.25) is 0 Å². The molecule has 0 saturated carbocycles. The summed E-state index contributed by atoms with van der Waals surface area (Å²) in [5.74, 6) is 0.606. The highest BCUT2D eigenvalue weighted by molar-refractivity contribution is 5.40. The first-order valence-corrected chi connectivity index (χ1v) is 4.70. The lowest BCUT2D eigenvalue weighted by molar-refractivity contribution is 0.0152. The second kappa shape index (κ2) is 3.75. The van der Waals surface area contributed by atoms with Gasteiger partial charge in [0.1, 0.15) is 5.82 Å². The average Bonchev–Trinajstić information content (AvgIpc) is 2.20. The zero-order valence-electron chi connectivity index (χ0n) is 7.57. The molecule has 70 valence electrons. The lowest BCUT2D eigenvalue weighted by Gasteiger charge is -2.23. The van der Waals surface area contributed by atoms with E-state index in [2.05, 4.69) is 4.98 Å². The summed E-state index contributed by atoms with van der Waals surface area (Å²) in [6.07, 6.45) is 5.33. The van der Waals surface area contributed by atoms with E-state index in [0.29, 0.717) is 5.82 Å². The third kappa shape index (κ3) is 1.80. The maximum Gasteiger partial charge on any atom is 0.129 e. The van der Waals surface area contributed by atoms with Gasteiger partial charge >= 0.3 is 0 Å². The first kappa shape index (κ1) is 8.51. The Balaban J connectivity index is 2.18. The fourth-order valence-corrected chi connectivity index (χ4v) is 1.69. The number of nitrogens with zero attached hydrogens (tertiary/aromatic N) is 1. The van der Waals surface area contributed by atoms with E-state index in [1.807, 2.05) is 12.1 Å². The second-order valence-electron chi connectivity index (χ2n) is 3.33. The van der Waals surface area contributed by atoms with Crippen molar-refractivity contribution in [1.29, 1.82) is 0 Å². The molecule has 1 aromatic heterocycles. The minimum atomic E-state index is 0.169. The predicted molar refractivity (Wildman–Crippen MR) is 51.2 cm³/mol. The van der Waals surface area contributed by atoms with E-state index in [-0.39, 0.29) is 6.10 Å². The van der Waals surface area contributed by atoms with Crippen LogP contribution >= 0.6 is 0 Å². The van der Waals surface area contributed by atoms with Crippen LogP contribution in [0.2, 0.25) is 0 Å². The number of hydrogen-bond donors (Lipinski definition) is 1. The van der Waals surface area contributed by atoms with Crippen molar-refractivity contribution in [2.45, 2.75) is 25.4 Å². The minimum absolute atomic E-state index is 0.169. The third-order valence-electron chi connectivity index (χ3n) is 2.40. The van der Waals surface area contributed by atoms with Crippen LogP contribution in [0.3, 0.4) is 0 Å². The molecule has 2 heterocycles. The van der Waals surface area contributed by atoms with Crippen LogP contribution in [0.25, 0.3) is 0 Å². The Bertz CT molecular complexity index is 282. The normalized spacial score (nSPS) is 22.9. The molecular formula is C10H14N2O. The third-order valence-corrected chi connectivity index (χ3v) is 2.40. The molecule has 0 aliphatic carbocycles. The van der Waals surface area contributed by atoms with Crippen molar-refractivity contribution >= 4 is 5.82 Å². The van der Waals surface area contributed by atoms with Crippen LogP contribution in [-0.2, 0) is 4.74 Å². The van der Waals surface area contributed by atoms with Crippen LogP contribution in [0.15, 0.2) is 18.3 Å².